The van der Waals surface area contributed by atoms with E-state index in [0.29, 0.717) is 12.8 Å². The molecule has 0 rings (SSSR count). The van der Waals surface area contributed by atoms with Gasteiger partial charge < -0.3 is 19.6 Å². The summed E-state index contributed by atoms with van der Waals surface area (Å²) in [6, 6.07) is 0. The Kier molecular flexibility index (Phi) is 10.6. The third-order valence-electron chi connectivity index (χ3n) is 3.16. The smallest absolute Gasteiger partial charge is 0.324 e. The fourth-order valence-corrected chi connectivity index (χ4v) is 3.06. The van der Waals surface area contributed by atoms with Gasteiger partial charge in [0.25, 0.3) is 0 Å². The molecule has 0 spiro atoms. The number of hydrogen-bond acceptors (Lipinski definition) is 3. The van der Waals surface area contributed by atoms with Crippen LogP contribution < -0.4 is 0 Å². The molecule has 0 fully saturated rings. The number of unbranched alkanes of at least 4 members (excludes halogenated alkanes) is 8. The Morgan fingerprint density at radius 2 is 1.05 bits per heavy atom. The van der Waals surface area contributed by atoms with Crippen molar-refractivity contribution in [3.05, 3.63) is 0 Å². The van der Waals surface area contributed by atoms with Crippen LogP contribution in [0.3, 0.4) is 0 Å². The maximum Gasteiger partial charge on any atom is 0.391 e. The van der Waals surface area contributed by atoms with E-state index < -0.39 is 20.7 Å². The highest BCUT2D eigenvalue weighted by Gasteiger charge is 2.24. The Morgan fingerprint density at radius 1 is 0.667 bits per heavy atom. The highest BCUT2D eigenvalue weighted by molar-refractivity contribution is 7.70. The molecule has 0 atom stereocenters. The Labute approximate surface area is 125 Å². The molecule has 0 saturated heterocycles. The average Bonchev–Trinajstić information content (AvgIpc) is 2.33. The van der Waals surface area contributed by atoms with Gasteiger partial charge in [0, 0.05) is 12.6 Å². The summed E-state index contributed by atoms with van der Waals surface area (Å²) in [5, 5.41) is 0. The van der Waals surface area contributed by atoms with Crippen molar-refractivity contribution in [2.45, 2.75) is 64.2 Å². The van der Waals surface area contributed by atoms with Crippen molar-refractivity contribution in [2.75, 3.05) is 6.16 Å². The summed E-state index contributed by atoms with van der Waals surface area (Å²) in [4.78, 5) is 45.5. The van der Waals surface area contributed by atoms with Gasteiger partial charge >= 0.3 is 15.2 Å². The quantitative estimate of drug-likeness (QED) is 0.298. The van der Waals surface area contributed by atoms with E-state index in [9.17, 15) is 13.9 Å². The molecule has 0 aromatic carbocycles. The minimum atomic E-state index is -4.54. The molecule has 0 saturated carbocycles. The first kappa shape index (κ1) is 21.0. The lowest BCUT2D eigenvalue weighted by Crippen LogP contribution is -1.98. The van der Waals surface area contributed by atoms with Crippen LogP contribution in [-0.2, 0) is 13.9 Å². The molecule has 0 aliphatic carbocycles. The number of carbonyl (C=O) groups excluding carboxylic acids is 1. The molecule has 7 nitrogen and oxygen atoms in total. The summed E-state index contributed by atoms with van der Waals surface area (Å²) < 4.78 is 21.2. The maximum atomic E-state index is 11.0. The van der Waals surface area contributed by atoms with E-state index in [1.165, 1.54) is 0 Å². The SMILES string of the molecule is O=C(CCCCCCCCCCCP(=O)(O)O)P(=O)(O)O. The number of carbonyl (C=O) groups is 1. The Morgan fingerprint density at radius 3 is 1.43 bits per heavy atom. The minimum absolute atomic E-state index is 0.0411. The second kappa shape index (κ2) is 10.7. The van der Waals surface area contributed by atoms with Crippen LogP contribution in [-0.4, -0.2) is 31.3 Å². The van der Waals surface area contributed by atoms with Gasteiger partial charge in [-0.15, -0.1) is 0 Å². The van der Waals surface area contributed by atoms with Crippen molar-refractivity contribution in [3.8, 4) is 0 Å². The molecule has 0 radical (unpaired) electrons. The van der Waals surface area contributed by atoms with Crippen molar-refractivity contribution in [2.24, 2.45) is 0 Å². The van der Waals surface area contributed by atoms with E-state index in [-0.39, 0.29) is 12.6 Å². The van der Waals surface area contributed by atoms with Gasteiger partial charge in [-0.3, -0.25) is 13.9 Å². The van der Waals surface area contributed by atoms with E-state index >= 15 is 0 Å². The zero-order valence-corrected chi connectivity index (χ0v) is 14.0. The van der Waals surface area contributed by atoms with Gasteiger partial charge in [-0.25, -0.2) is 0 Å². The molecule has 0 unspecified atom stereocenters. The molecule has 0 aliphatic heterocycles. The predicted molar refractivity (Wildman–Crippen MR) is 80.1 cm³/mol. The highest BCUT2D eigenvalue weighted by atomic mass is 31.2. The van der Waals surface area contributed by atoms with Gasteiger partial charge in [0.15, 0.2) is 0 Å². The summed E-state index contributed by atoms with van der Waals surface area (Å²) in [6.07, 6.45) is 7.49. The van der Waals surface area contributed by atoms with Gasteiger partial charge in [0.1, 0.15) is 0 Å². The van der Waals surface area contributed by atoms with Gasteiger partial charge in [-0.1, -0.05) is 44.9 Å². The lowest BCUT2D eigenvalue weighted by molar-refractivity contribution is -0.113. The topological polar surface area (TPSA) is 132 Å². The van der Waals surface area contributed by atoms with Crippen LogP contribution >= 0.6 is 15.2 Å². The summed E-state index contributed by atoms with van der Waals surface area (Å²) in [5.41, 5.74) is -0.979. The first-order valence-corrected chi connectivity index (χ1v) is 10.7. The molecule has 4 N–H and O–H groups in total. The molecule has 0 aromatic heterocycles. The van der Waals surface area contributed by atoms with E-state index in [1.54, 1.807) is 0 Å². The molecular formula is C12H26O7P2. The van der Waals surface area contributed by atoms with E-state index in [2.05, 4.69) is 0 Å². The summed E-state index contributed by atoms with van der Waals surface area (Å²) in [6.45, 7) is 0. The fourth-order valence-electron chi connectivity index (χ4n) is 1.98. The normalized spacial score (nSPS) is 12.6. The third-order valence-corrected chi connectivity index (χ3v) is 4.94. The monoisotopic (exact) mass is 344 g/mol. The number of rotatable bonds is 13. The van der Waals surface area contributed by atoms with Crippen molar-refractivity contribution < 1.29 is 33.5 Å². The van der Waals surface area contributed by atoms with Crippen LogP contribution in [0.4, 0.5) is 0 Å². The lowest BCUT2D eigenvalue weighted by atomic mass is 10.1. The van der Waals surface area contributed by atoms with Crippen molar-refractivity contribution >= 4 is 20.7 Å². The molecule has 126 valence electrons. The van der Waals surface area contributed by atoms with E-state index in [1.807, 2.05) is 0 Å². The number of hydrogen-bond donors (Lipinski definition) is 4. The lowest BCUT2D eigenvalue weighted by Gasteiger charge is -2.04. The van der Waals surface area contributed by atoms with Crippen molar-refractivity contribution in [3.63, 3.8) is 0 Å². The van der Waals surface area contributed by atoms with Crippen LogP contribution in [0.15, 0.2) is 0 Å². The molecular weight excluding hydrogens is 318 g/mol. The van der Waals surface area contributed by atoms with Crippen LogP contribution in [0.25, 0.3) is 0 Å². The van der Waals surface area contributed by atoms with Gasteiger partial charge in [-0.2, -0.15) is 0 Å². The second-order valence-electron chi connectivity index (χ2n) is 5.26. The first-order chi connectivity index (χ1) is 9.63. The predicted octanol–water partition coefficient (Wildman–Crippen LogP) is 2.77. The van der Waals surface area contributed by atoms with E-state index in [4.69, 9.17) is 19.6 Å². The van der Waals surface area contributed by atoms with Gasteiger partial charge in [-0.05, 0) is 12.8 Å². The van der Waals surface area contributed by atoms with Gasteiger partial charge in [0.05, 0.1) is 0 Å². The standard InChI is InChI=1S/C12H26O7P2/c13-12(21(17,18)19)10-8-6-4-2-1-3-5-7-9-11-20(14,15)16/h1-11H2,(H2,14,15,16)(H2,17,18,19). The van der Waals surface area contributed by atoms with Crippen LogP contribution in [0.1, 0.15) is 64.2 Å². The van der Waals surface area contributed by atoms with Crippen molar-refractivity contribution in [1.29, 1.82) is 0 Å². The fraction of sp³-hybridized carbons (Fsp3) is 0.917. The van der Waals surface area contributed by atoms with Gasteiger partial charge in [0.2, 0.25) is 5.52 Å². The Bertz CT molecular complexity index is 385. The molecule has 9 heteroatoms. The van der Waals surface area contributed by atoms with Crippen molar-refractivity contribution in [1.82, 2.24) is 0 Å². The second-order valence-corrected chi connectivity index (χ2v) is 8.62. The Hall–Kier alpha value is -0.0300. The summed E-state index contributed by atoms with van der Waals surface area (Å²) >= 11 is 0. The third kappa shape index (κ3) is 14.7. The zero-order chi connectivity index (χ0) is 16.4. The van der Waals surface area contributed by atoms with Crippen LogP contribution in [0, 0.1) is 0 Å². The summed E-state index contributed by atoms with van der Waals surface area (Å²) in [7, 11) is -8.38. The molecule has 0 aromatic rings. The first-order valence-electron chi connectivity index (χ1n) is 7.26. The van der Waals surface area contributed by atoms with Crippen LogP contribution in [0.2, 0.25) is 0 Å². The zero-order valence-electron chi connectivity index (χ0n) is 12.2. The maximum absolute atomic E-state index is 11.0. The Balaban J connectivity index is 3.29. The van der Waals surface area contributed by atoms with Crippen LogP contribution in [0.5, 0.6) is 0 Å². The highest BCUT2D eigenvalue weighted by Crippen LogP contribution is 2.37. The average molecular weight is 344 g/mol. The molecule has 21 heavy (non-hydrogen) atoms. The van der Waals surface area contributed by atoms with E-state index in [0.717, 1.165) is 44.9 Å². The summed E-state index contributed by atoms with van der Waals surface area (Å²) in [5.74, 6) is 0. The minimum Gasteiger partial charge on any atom is -0.324 e. The largest absolute Gasteiger partial charge is 0.391 e. The molecule has 0 bridgehead atoms. The molecule has 0 heterocycles. The molecule has 0 amide bonds. The molecule has 0 aliphatic rings.